The lowest BCUT2D eigenvalue weighted by atomic mass is 9.50. The monoisotopic (exact) mass is 731 g/mol. The van der Waals surface area contributed by atoms with Crippen LogP contribution in [-0.2, 0) is 33.3 Å². The fourth-order valence-electron chi connectivity index (χ4n) is 9.50. The Hall–Kier alpha value is -3.40. The standard InChI is InChI=1S/C38H53NO13/c1-18(2)14-23(39-33(46)22-12-10-9-11-13-22)28(43)34(47)51-24-16-37(35(6,7)48)27(19(24)3)29(50-20(4)40)31(44)36(8)25(42)15-26-38(17-49-26,52-21(5)41)30(36)32(37)45/h9-13,18,23-26,28-32,42-45,48H,14-17H2,1-8H3,(H,39,46)/t23-,24-,25-,26+,28+,29-,30-,31-,32-,36+,37-,38-/m0/s1. The van der Waals surface area contributed by atoms with Gasteiger partial charge in [-0.15, -0.1) is 0 Å². The number of esters is 3. The number of carbonyl (C=O) groups excluding carboxylic acids is 4. The summed E-state index contributed by atoms with van der Waals surface area (Å²) in [5.41, 5.74) is -6.33. The predicted molar refractivity (Wildman–Crippen MR) is 183 cm³/mol. The molecule has 4 aliphatic rings. The first kappa shape index (κ1) is 39.8. The summed E-state index contributed by atoms with van der Waals surface area (Å²) in [6, 6.07) is 7.27. The van der Waals surface area contributed by atoms with E-state index in [1.165, 1.54) is 27.7 Å². The molecule has 1 aromatic rings. The first-order valence-corrected chi connectivity index (χ1v) is 17.8. The molecule has 1 heterocycles. The van der Waals surface area contributed by atoms with Crippen molar-refractivity contribution in [1.29, 1.82) is 0 Å². The Labute approximate surface area is 303 Å². The van der Waals surface area contributed by atoms with Crippen LogP contribution in [0.3, 0.4) is 0 Å². The summed E-state index contributed by atoms with van der Waals surface area (Å²) in [6.07, 6.45) is -10.4. The molecular formula is C38H53NO13. The highest BCUT2D eigenvalue weighted by molar-refractivity contribution is 5.94. The minimum absolute atomic E-state index is 0.0472. The van der Waals surface area contributed by atoms with Crippen LogP contribution in [-0.4, -0.2) is 116 Å². The van der Waals surface area contributed by atoms with Crippen LogP contribution < -0.4 is 5.32 Å². The quantitative estimate of drug-likeness (QED) is 0.114. The summed E-state index contributed by atoms with van der Waals surface area (Å²) in [6.45, 7) is 11.8. The van der Waals surface area contributed by atoms with Gasteiger partial charge in [-0.25, -0.2) is 4.79 Å². The summed E-state index contributed by atoms with van der Waals surface area (Å²) in [4.78, 5) is 52.1. The number of rotatable bonds is 10. The normalized spacial score (nSPS) is 36.6. The second-order valence-electron chi connectivity index (χ2n) is 16.1. The molecule has 0 unspecified atom stereocenters. The van der Waals surface area contributed by atoms with Crippen molar-refractivity contribution in [2.75, 3.05) is 6.61 Å². The van der Waals surface area contributed by atoms with Crippen molar-refractivity contribution in [1.82, 2.24) is 5.32 Å². The Morgan fingerprint density at radius 2 is 1.65 bits per heavy atom. The highest BCUT2D eigenvalue weighted by Gasteiger charge is 2.78. The number of aliphatic hydroxyl groups is 5. The van der Waals surface area contributed by atoms with Crippen molar-refractivity contribution in [3.8, 4) is 0 Å². The maximum Gasteiger partial charge on any atom is 0.337 e. The molecule has 0 aromatic heterocycles. The first-order valence-electron chi connectivity index (χ1n) is 17.8. The summed E-state index contributed by atoms with van der Waals surface area (Å²) in [7, 11) is 0. The number of carbonyl (C=O) groups is 4. The summed E-state index contributed by atoms with van der Waals surface area (Å²) in [5.74, 6) is -4.43. The van der Waals surface area contributed by atoms with Crippen LogP contribution in [0.25, 0.3) is 0 Å². The van der Waals surface area contributed by atoms with E-state index in [0.717, 1.165) is 6.92 Å². The van der Waals surface area contributed by atoms with Gasteiger partial charge in [-0.3, -0.25) is 14.4 Å². The zero-order valence-corrected chi connectivity index (χ0v) is 31.0. The third kappa shape index (κ3) is 6.34. The van der Waals surface area contributed by atoms with Crippen molar-refractivity contribution in [2.45, 2.75) is 135 Å². The molecule has 1 saturated heterocycles. The molecule has 1 aliphatic heterocycles. The average Bonchev–Trinajstić information content (AvgIpc) is 3.32. The van der Waals surface area contributed by atoms with Crippen molar-refractivity contribution in [3.05, 3.63) is 47.0 Å². The SMILES string of the molecule is CC(=O)O[C@H]1C2=C(C)[C@@H](OC(=O)[C@H](O)[C@H](CC(C)C)NC(=O)c3ccccc3)C[C@@]2(C(C)(C)O)[C@@H](O)[C@@H]2[C@]3(OC(C)=O)CO[C@@H]3C[C@H](O)[C@@]2(C)[C@H]1O. The van der Waals surface area contributed by atoms with E-state index in [0.29, 0.717) is 5.56 Å². The molecule has 12 atom stereocenters. The van der Waals surface area contributed by atoms with Gasteiger partial charge in [0.05, 0.1) is 35.9 Å². The number of fused-ring (bicyclic) bond motifs is 4. The zero-order chi connectivity index (χ0) is 38.7. The van der Waals surface area contributed by atoms with Gasteiger partial charge in [0.1, 0.15) is 18.3 Å². The molecule has 3 aliphatic carbocycles. The van der Waals surface area contributed by atoms with E-state index in [1.54, 1.807) is 37.3 Å². The summed E-state index contributed by atoms with van der Waals surface area (Å²) < 4.78 is 23.4. The smallest absolute Gasteiger partial charge is 0.337 e. The van der Waals surface area contributed by atoms with Crippen molar-refractivity contribution in [3.63, 3.8) is 0 Å². The van der Waals surface area contributed by atoms with Gasteiger partial charge in [-0.05, 0) is 56.4 Å². The van der Waals surface area contributed by atoms with Crippen LogP contribution in [0.1, 0.15) is 85.0 Å². The fourth-order valence-corrected chi connectivity index (χ4v) is 9.50. The number of hydrogen-bond acceptors (Lipinski definition) is 13. The zero-order valence-electron chi connectivity index (χ0n) is 31.0. The van der Waals surface area contributed by atoms with Crippen LogP contribution in [0.5, 0.6) is 0 Å². The molecule has 0 radical (unpaired) electrons. The van der Waals surface area contributed by atoms with E-state index >= 15 is 0 Å². The molecule has 1 amide bonds. The number of nitrogens with one attached hydrogen (secondary N) is 1. The van der Waals surface area contributed by atoms with Crippen molar-refractivity contribution < 1.29 is 63.7 Å². The van der Waals surface area contributed by atoms with Gasteiger partial charge in [0.25, 0.3) is 5.91 Å². The molecule has 52 heavy (non-hydrogen) atoms. The summed E-state index contributed by atoms with van der Waals surface area (Å²) >= 11 is 0. The largest absolute Gasteiger partial charge is 0.456 e. The maximum atomic E-state index is 13.8. The second kappa shape index (κ2) is 14.1. The Balaban J connectivity index is 1.59. The van der Waals surface area contributed by atoms with E-state index in [1.807, 2.05) is 13.8 Å². The van der Waals surface area contributed by atoms with E-state index in [2.05, 4.69) is 5.32 Å². The van der Waals surface area contributed by atoms with Crippen LogP contribution in [0.2, 0.25) is 0 Å². The molecule has 0 bridgehead atoms. The number of hydrogen-bond donors (Lipinski definition) is 6. The van der Waals surface area contributed by atoms with Crippen molar-refractivity contribution >= 4 is 23.8 Å². The number of benzene rings is 1. The molecule has 14 heteroatoms. The first-order chi connectivity index (χ1) is 24.1. The van der Waals surface area contributed by atoms with Gasteiger partial charge in [0.15, 0.2) is 17.8 Å². The minimum atomic E-state index is -1.89. The predicted octanol–water partition coefficient (Wildman–Crippen LogP) is 1.34. The molecule has 1 aromatic carbocycles. The van der Waals surface area contributed by atoms with Crippen LogP contribution in [0, 0.1) is 22.7 Å². The van der Waals surface area contributed by atoms with Crippen molar-refractivity contribution in [2.24, 2.45) is 22.7 Å². The van der Waals surface area contributed by atoms with Crippen LogP contribution >= 0.6 is 0 Å². The molecular weight excluding hydrogens is 678 g/mol. The molecule has 6 N–H and O–H groups in total. The van der Waals surface area contributed by atoms with Gasteiger partial charge in [-0.2, -0.15) is 0 Å². The highest BCUT2D eigenvalue weighted by atomic mass is 16.6. The van der Waals surface area contributed by atoms with E-state index in [-0.39, 0.29) is 42.9 Å². The Kier molecular flexibility index (Phi) is 10.8. The Bertz CT molecular complexity index is 1590. The summed E-state index contributed by atoms with van der Waals surface area (Å²) in [5, 5.41) is 63.0. The average molecular weight is 732 g/mol. The molecule has 5 rings (SSSR count). The van der Waals surface area contributed by atoms with Crippen LogP contribution in [0.15, 0.2) is 41.5 Å². The van der Waals surface area contributed by atoms with Gasteiger partial charge in [0, 0.05) is 43.6 Å². The Morgan fingerprint density at radius 3 is 2.17 bits per heavy atom. The molecule has 14 nitrogen and oxygen atoms in total. The Morgan fingerprint density at radius 1 is 1.02 bits per heavy atom. The van der Waals surface area contributed by atoms with E-state index in [9.17, 15) is 44.7 Å². The second-order valence-corrected chi connectivity index (χ2v) is 16.1. The fraction of sp³-hybridized carbons (Fsp3) is 0.684. The van der Waals surface area contributed by atoms with Gasteiger partial charge in [-0.1, -0.05) is 39.0 Å². The molecule has 288 valence electrons. The van der Waals surface area contributed by atoms with E-state index in [4.69, 9.17) is 18.9 Å². The number of amides is 1. The molecule has 2 saturated carbocycles. The van der Waals surface area contributed by atoms with Gasteiger partial charge < -0.3 is 49.8 Å². The molecule has 0 spiro atoms. The lowest BCUT2D eigenvalue weighted by Gasteiger charge is -2.65. The lowest BCUT2D eigenvalue weighted by Crippen LogP contribution is -2.78. The third-order valence-corrected chi connectivity index (χ3v) is 12.0. The third-order valence-electron chi connectivity index (χ3n) is 12.0. The minimum Gasteiger partial charge on any atom is -0.456 e. The topological polar surface area (TPSA) is 218 Å². The molecule has 3 fully saturated rings. The number of ether oxygens (including phenoxy) is 4. The van der Waals surface area contributed by atoms with Gasteiger partial charge >= 0.3 is 17.9 Å². The highest BCUT2D eigenvalue weighted by Crippen LogP contribution is 2.67. The maximum absolute atomic E-state index is 13.8. The van der Waals surface area contributed by atoms with Gasteiger partial charge in [0.2, 0.25) is 0 Å². The van der Waals surface area contributed by atoms with E-state index < -0.39 is 101 Å². The lowest BCUT2D eigenvalue weighted by molar-refractivity contribution is -0.351. The number of aliphatic hydroxyl groups excluding tert-OH is 4. The van der Waals surface area contributed by atoms with Crippen LogP contribution in [0.4, 0.5) is 0 Å².